The van der Waals surface area contributed by atoms with Crippen LogP contribution in [0, 0.1) is 10.1 Å². The Morgan fingerprint density at radius 3 is 2.76 bits per heavy atom. The topological polar surface area (TPSA) is 120 Å². The molecule has 1 aromatic carbocycles. The first-order valence-electron chi connectivity index (χ1n) is 8.92. The maximum atomic E-state index is 12.6. The lowest BCUT2D eigenvalue weighted by molar-refractivity contribution is -0.384. The summed E-state index contributed by atoms with van der Waals surface area (Å²) in [6, 6.07) is 7.87. The third-order valence-electron chi connectivity index (χ3n) is 4.03. The summed E-state index contributed by atoms with van der Waals surface area (Å²) in [5.74, 6) is 0.164. The van der Waals surface area contributed by atoms with Gasteiger partial charge in [0.25, 0.3) is 5.69 Å². The van der Waals surface area contributed by atoms with Crippen molar-refractivity contribution in [2.75, 3.05) is 18.0 Å². The molecule has 10 heteroatoms. The van der Waals surface area contributed by atoms with E-state index in [1.54, 1.807) is 45.0 Å². The number of hydrogen-bond donors (Lipinski definition) is 1. The molecule has 0 bridgehead atoms. The molecule has 3 rings (SSSR count). The molecule has 0 fully saturated rings. The van der Waals surface area contributed by atoms with Gasteiger partial charge in [-0.3, -0.25) is 19.8 Å². The summed E-state index contributed by atoms with van der Waals surface area (Å²) in [6.07, 6.45) is 2.61. The van der Waals surface area contributed by atoms with E-state index in [1.807, 2.05) is 0 Å². The van der Waals surface area contributed by atoms with Gasteiger partial charge in [0, 0.05) is 30.3 Å². The minimum absolute atomic E-state index is 0.0304. The molecule has 152 valence electrons. The minimum atomic E-state index is -0.677. The van der Waals surface area contributed by atoms with Crippen molar-refractivity contribution in [2.45, 2.75) is 26.4 Å². The first-order chi connectivity index (χ1) is 13.7. The maximum Gasteiger partial charge on any atom is 0.408 e. The van der Waals surface area contributed by atoms with E-state index in [-0.39, 0.29) is 24.7 Å². The van der Waals surface area contributed by atoms with E-state index in [0.29, 0.717) is 17.1 Å². The third kappa shape index (κ3) is 4.60. The number of nitrogens with one attached hydrogen (secondary N) is 1. The molecule has 10 nitrogen and oxygen atoms in total. The molecule has 29 heavy (non-hydrogen) atoms. The number of alkyl carbamates (subject to hydrolysis) is 1. The molecule has 0 unspecified atom stereocenters. The molecule has 1 aromatic heterocycles. The summed E-state index contributed by atoms with van der Waals surface area (Å²) in [6.45, 7) is 5.20. The minimum Gasteiger partial charge on any atom is -0.444 e. The summed E-state index contributed by atoms with van der Waals surface area (Å²) in [5, 5.41) is 17.7. The van der Waals surface area contributed by atoms with Crippen molar-refractivity contribution in [3.05, 3.63) is 58.3 Å². The van der Waals surface area contributed by atoms with E-state index in [1.165, 1.54) is 27.9 Å². The number of rotatable bonds is 4. The second-order valence-corrected chi connectivity index (χ2v) is 7.36. The van der Waals surface area contributed by atoms with Crippen LogP contribution in [0.4, 0.5) is 16.3 Å². The van der Waals surface area contributed by atoms with Gasteiger partial charge in [-0.05, 0) is 26.8 Å². The van der Waals surface area contributed by atoms with Crippen molar-refractivity contribution >= 4 is 29.2 Å². The van der Waals surface area contributed by atoms with E-state index in [2.05, 4.69) is 10.4 Å². The zero-order chi connectivity index (χ0) is 21.2. The highest BCUT2D eigenvalue weighted by molar-refractivity contribution is 5.97. The summed E-state index contributed by atoms with van der Waals surface area (Å²) >= 11 is 0. The average Bonchev–Trinajstić information content (AvgIpc) is 3.14. The fourth-order valence-electron chi connectivity index (χ4n) is 2.85. The number of nitrogens with zero attached hydrogens (tertiary/aromatic N) is 4. The Morgan fingerprint density at radius 1 is 1.31 bits per heavy atom. The fraction of sp³-hybridized carbons (Fsp3) is 0.316. The number of anilines is 1. The Labute approximate surface area is 166 Å². The standard InChI is InChI=1S/C19H21N5O5/c1-19(2,3)29-18(26)20-12-17(25)22-10-8-15(23-16(22)7-9-21-23)13-5-4-6-14(11-13)24(27)28/h4-9,11H,10,12H2,1-3H3,(H,20,26). The number of benzene rings is 1. The second kappa shape index (κ2) is 7.74. The molecule has 2 amide bonds. The molecule has 0 saturated heterocycles. The molecule has 0 radical (unpaired) electrons. The van der Waals surface area contributed by atoms with Gasteiger partial charge in [0.15, 0.2) is 0 Å². The molecule has 1 aliphatic heterocycles. The molecule has 2 heterocycles. The van der Waals surface area contributed by atoms with Gasteiger partial charge < -0.3 is 10.1 Å². The van der Waals surface area contributed by atoms with Crippen molar-refractivity contribution in [2.24, 2.45) is 0 Å². The van der Waals surface area contributed by atoms with Gasteiger partial charge in [-0.1, -0.05) is 12.1 Å². The Bertz CT molecular complexity index is 989. The second-order valence-electron chi connectivity index (χ2n) is 7.36. The van der Waals surface area contributed by atoms with E-state index in [4.69, 9.17) is 4.74 Å². The number of amides is 2. The summed E-state index contributed by atoms with van der Waals surface area (Å²) in [7, 11) is 0. The number of hydrogen-bond acceptors (Lipinski definition) is 6. The molecule has 1 N–H and O–H groups in total. The van der Waals surface area contributed by atoms with E-state index >= 15 is 0 Å². The van der Waals surface area contributed by atoms with Crippen molar-refractivity contribution in [3.63, 3.8) is 0 Å². The van der Waals surface area contributed by atoms with Crippen molar-refractivity contribution in [1.82, 2.24) is 15.1 Å². The highest BCUT2D eigenvalue weighted by Crippen LogP contribution is 2.29. The Balaban J connectivity index is 1.76. The molecule has 1 aliphatic rings. The SMILES string of the molecule is CC(C)(C)OC(=O)NCC(=O)N1CC=C(c2cccc([N+](=O)[O-])c2)n2nccc21. The van der Waals surface area contributed by atoms with Crippen molar-refractivity contribution in [3.8, 4) is 0 Å². The maximum absolute atomic E-state index is 12.6. The van der Waals surface area contributed by atoms with Crippen LogP contribution >= 0.6 is 0 Å². The quantitative estimate of drug-likeness (QED) is 0.623. The Morgan fingerprint density at radius 2 is 2.07 bits per heavy atom. The van der Waals surface area contributed by atoms with Gasteiger partial charge in [0.2, 0.25) is 5.91 Å². The zero-order valence-electron chi connectivity index (χ0n) is 16.3. The molecular formula is C19H21N5O5. The van der Waals surface area contributed by atoms with Crippen LogP contribution in [0.25, 0.3) is 5.70 Å². The van der Waals surface area contributed by atoms with E-state index in [0.717, 1.165) is 0 Å². The molecule has 0 saturated carbocycles. The fourth-order valence-corrected chi connectivity index (χ4v) is 2.85. The Hall–Kier alpha value is -3.69. The monoisotopic (exact) mass is 399 g/mol. The van der Waals surface area contributed by atoms with Crippen molar-refractivity contribution in [1.29, 1.82) is 0 Å². The number of fused-ring (bicyclic) bond motifs is 1. The van der Waals surface area contributed by atoms with Crippen LogP contribution in [-0.4, -0.2) is 45.4 Å². The third-order valence-corrected chi connectivity index (χ3v) is 4.03. The van der Waals surface area contributed by atoms with E-state index in [9.17, 15) is 19.7 Å². The summed E-state index contributed by atoms with van der Waals surface area (Å²) < 4.78 is 6.67. The van der Waals surface area contributed by atoms with Crippen LogP contribution in [0.15, 0.2) is 42.6 Å². The average molecular weight is 399 g/mol. The smallest absolute Gasteiger partial charge is 0.408 e. The molecule has 2 aromatic rings. The summed E-state index contributed by atoms with van der Waals surface area (Å²) in [5.41, 5.74) is 0.561. The zero-order valence-corrected chi connectivity index (χ0v) is 16.3. The molecule has 0 aliphatic carbocycles. The summed E-state index contributed by atoms with van der Waals surface area (Å²) in [4.78, 5) is 36.4. The molecule has 0 atom stereocenters. The van der Waals surface area contributed by atoms with Crippen LogP contribution in [0.3, 0.4) is 0 Å². The van der Waals surface area contributed by atoms with Gasteiger partial charge in [0.1, 0.15) is 18.0 Å². The normalized spacial score (nSPS) is 13.3. The predicted molar refractivity (Wildman–Crippen MR) is 105 cm³/mol. The van der Waals surface area contributed by atoms with Crippen LogP contribution in [-0.2, 0) is 9.53 Å². The van der Waals surface area contributed by atoms with Crippen LogP contribution in [0.1, 0.15) is 26.3 Å². The number of ether oxygens (including phenoxy) is 1. The lowest BCUT2D eigenvalue weighted by Crippen LogP contribution is -2.43. The number of carbonyl (C=O) groups is 2. The number of nitro benzene ring substituents is 1. The van der Waals surface area contributed by atoms with Crippen molar-refractivity contribution < 1.29 is 19.2 Å². The highest BCUT2D eigenvalue weighted by Gasteiger charge is 2.26. The van der Waals surface area contributed by atoms with Gasteiger partial charge in [-0.2, -0.15) is 5.10 Å². The van der Waals surface area contributed by atoms with Gasteiger partial charge >= 0.3 is 6.09 Å². The predicted octanol–water partition coefficient (Wildman–Crippen LogP) is 2.55. The number of nitro groups is 1. The lowest BCUT2D eigenvalue weighted by atomic mass is 10.1. The van der Waals surface area contributed by atoms with Gasteiger partial charge in [-0.25, -0.2) is 9.48 Å². The first kappa shape index (κ1) is 20.1. The Kier molecular flexibility index (Phi) is 5.35. The molecule has 0 spiro atoms. The van der Waals surface area contributed by atoms with Crippen LogP contribution < -0.4 is 10.2 Å². The van der Waals surface area contributed by atoms with E-state index < -0.39 is 16.6 Å². The van der Waals surface area contributed by atoms with Crippen LogP contribution in [0.5, 0.6) is 0 Å². The number of aromatic nitrogens is 2. The van der Waals surface area contributed by atoms with Gasteiger partial charge in [0.05, 0.1) is 16.8 Å². The molecular weight excluding hydrogens is 378 g/mol. The highest BCUT2D eigenvalue weighted by atomic mass is 16.6. The number of non-ortho nitro benzene ring substituents is 1. The largest absolute Gasteiger partial charge is 0.444 e. The van der Waals surface area contributed by atoms with Crippen LogP contribution in [0.2, 0.25) is 0 Å². The van der Waals surface area contributed by atoms with Gasteiger partial charge in [-0.15, -0.1) is 0 Å². The lowest BCUT2D eigenvalue weighted by Gasteiger charge is -2.28. The number of carbonyl (C=O) groups excluding carboxylic acids is 2. The first-order valence-corrected chi connectivity index (χ1v) is 8.92.